The maximum atomic E-state index is 12.1. The molecule has 1 amide bonds. The molecule has 0 aromatic heterocycles. The topological polar surface area (TPSA) is 108 Å². The number of ether oxygens (including phenoxy) is 2. The number of esters is 1. The van der Waals surface area contributed by atoms with Gasteiger partial charge in [0, 0.05) is 17.8 Å². The predicted molar refractivity (Wildman–Crippen MR) is 94.6 cm³/mol. The smallest absolute Gasteiger partial charge is 0.340 e. The van der Waals surface area contributed by atoms with Crippen LogP contribution >= 0.6 is 11.6 Å². The van der Waals surface area contributed by atoms with Crippen molar-refractivity contribution < 1.29 is 24.0 Å². The molecular formula is C17H15ClN2O6. The van der Waals surface area contributed by atoms with E-state index in [1.165, 1.54) is 20.1 Å². The lowest BCUT2D eigenvalue weighted by molar-refractivity contribution is -0.384. The number of benzene rings is 2. The minimum absolute atomic E-state index is 0.0682. The third kappa shape index (κ3) is 4.70. The molecule has 0 aliphatic carbocycles. The van der Waals surface area contributed by atoms with Crippen molar-refractivity contribution in [2.24, 2.45) is 0 Å². The number of nitro groups is 1. The number of nitrogens with zero attached hydrogens (tertiary/aromatic N) is 1. The molecule has 2 aromatic rings. The quantitative estimate of drug-likeness (QED) is 0.468. The van der Waals surface area contributed by atoms with E-state index in [0.717, 1.165) is 12.1 Å². The molecule has 0 saturated carbocycles. The Labute approximate surface area is 153 Å². The molecule has 0 fully saturated rings. The zero-order valence-corrected chi connectivity index (χ0v) is 14.6. The lowest BCUT2D eigenvalue weighted by Crippen LogP contribution is -2.30. The van der Waals surface area contributed by atoms with Gasteiger partial charge in [0.1, 0.15) is 5.75 Å². The Bertz CT molecular complexity index is 838. The summed E-state index contributed by atoms with van der Waals surface area (Å²) in [6, 6.07) is 9.96. The predicted octanol–water partition coefficient (Wildman–Crippen LogP) is 3.44. The van der Waals surface area contributed by atoms with E-state index in [1.54, 1.807) is 24.3 Å². The molecule has 0 bridgehead atoms. The molecule has 2 aromatic carbocycles. The van der Waals surface area contributed by atoms with Gasteiger partial charge >= 0.3 is 5.97 Å². The monoisotopic (exact) mass is 378 g/mol. The van der Waals surface area contributed by atoms with Gasteiger partial charge in [-0.2, -0.15) is 0 Å². The molecule has 0 radical (unpaired) electrons. The Morgan fingerprint density at radius 2 is 1.85 bits per heavy atom. The minimum Gasteiger partial charge on any atom is -0.497 e. The van der Waals surface area contributed by atoms with Crippen LogP contribution in [0.5, 0.6) is 5.75 Å². The number of hydrogen-bond donors (Lipinski definition) is 1. The Hall–Kier alpha value is -3.13. The zero-order chi connectivity index (χ0) is 19.3. The average molecular weight is 379 g/mol. The fourth-order valence-corrected chi connectivity index (χ4v) is 2.23. The van der Waals surface area contributed by atoms with Crippen molar-refractivity contribution in [1.29, 1.82) is 0 Å². The standard InChI is InChI=1S/C17H15ClN2O6/c1-10(16(21)19-11-3-6-13(25-2)7-4-11)26-17(22)14-8-5-12(20(23)24)9-15(14)18/h3-10H,1-2H3,(H,19,21)/t10-/m0/s1. The molecule has 0 aliphatic rings. The maximum Gasteiger partial charge on any atom is 0.340 e. The molecule has 1 atom stereocenters. The van der Waals surface area contributed by atoms with Crippen LogP contribution in [0.1, 0.15) is 17.3 Å². The highest BCUT2D eigenvalue weighted by Gasteiger charge is 2.22. The van der Waals surface area contributed by atoms with Crippen molar-refractivity contribution in [2.45, 2.75) is 13.0 Å². The van der Waals surface area contributed by atoms with Crippen molar-refractivity contribution in [3.05, 3.63) is 63.2 Å². The third-order valence-corrected chi connectivity index (χ3v) is 3.71. The van der Waals surface area contributed by atoms with Gasteiger partial charge in [-0.25, -0.2) is 4.79 Å². The van der Waals surface area contributed by atoms with Crippen LogP contribution in [0.4, 0.5) is 11.4 Å². The van der Waals surface area contributed by atoms with Gasteiger partial charge in [-0.15, -0.1) is 0 Å². The fraction of sp³-hybridized carbons (Fsp3) is 0.176. The Morgan fingerprint density at radius 1 is 1.19 bits per heavy atom. The van der Waals surface area contributed by atoms with Gasteiger partial charge in [0.2, 0.25) is 0 Å². The van der Waals surface area contributed by atoms with Crippen LogP contribution in [0.25, 0.3) is 0 Å². The second-order valence-corrected chi connectivity index (χ2v) is 5.59. The molecule has 0 spiro atoms. The molecule has 9 heteroatoms. The van der Waals surface area contributed by atoms with E-state index in [9.17, 15) is 19.7 Å². The van der Waals surface area contributed by atoms with Gasteiger partial charge < -0.3 is 14.8 Å². The number of amides is 1. The number of carbonyl (C=O) groups is 2. The Balaban J connectivity index is 2.01. The van der Waals surface area contributed by atoms with Gasteiger partial charge in [0.05, 0.1) is 22.6 Å². The number of anilines is 1. The lowest BCUT2D eigenvalue weighted by Gasteiger charge is -2.14. The highest BCUT2D eigenvalue weighted by Crippen LogP contribution is 2.23. The van der Waals surface area contributed by atoms with E-state index in [2.05, 4.69) is 5.32 Å². The normalized spacial score (nSPS) is 11.3. The lowest BCUT2D eigenvalue weighted by atomic mass is 10.2. The molecule has 26 heavy (non-hydrogen) atoms. The fourth-order valence-electron chi connectivity index (χ4n) is 1.98. The van der Waals surface area contributed by atoms with Gasteiger partial charge in [-0.05, 0) is 37.3 Å². The third-order valence-electron chi connectivity index (χ3n) is 3.39. The van der Waals surface area contributed by atoms with Crippen LogP contribution in [0.15, 0.2) is 42.5 Å². The van der Waals surface area contributed by atoms with Crippen molar-refractivity contribution in [2.75, 3.05) is 12.4 Å². The van der Waals surface area contributed by atoms with Gasteiger partial charge in [-0.3, -0.25) is 14.9 Å². The van der Waals surface area contributed by atoms with Crippen molar-refractivity contribution in [1.82, 2.24) is 0 Å². The highest BCUT2D eigenvalue weighted by atomic mass is 35.5. The summed E-state index contributed by atoms with van der Waals surface area (Å²) in [6.45, 7) is 1.40. The molecule has 8 nitrogen and oxygen atoms in total. The largest absolute Gasteiger partial charge is 0.497 e. The Morgan fingerprint density at radius 3 is 2.38 bits per heavy atom. The molecule has 1 N–H and O–H groups in total. The number of rotatable bonds is 6. The molecule has 0 saturated heterocycles. The van der Waals surface area contributed by atoms with E-state index in [0.29, 0.717) is 11.4 Å². The van der Waals surface area contributed by atoms with Gasteiger partial charge in [0.25, 0.3) is 11.6 Å². The first-order valence-corrected chi connectivity index (χ1v) is 7.79. The summed E-state index contributed by atoms with van der Waals surface area (Å²) in [7, 11) is 1.53. The van der Waals surface area contributed by atoms with Crippen LogP contribution in [-0.4, -0.2) is 30.0 Å². The highest BCUT2D eigenvalue weighted by molar-refractivity contribution is 6.33. The summed E-state index contributed by atoms with van der Waals surface area (Å²) in [4.78, 5) is 34.3. The zero-order valence-electron chi connectivity index (χ0n) is 13.9. The number of non-ortho nitro benzene ring substituents is 1. The molecule has 0 unspecified atom stereocenters. The van der Waals surface area contributed by atoms with Crippen molar-refractivity contribution in [3.63, 3.8) is 0 Å². The molecule has 0 heterocycles. The second-order valence-electron chi connectivity index (χ2n) is 5.19. The first kappa shape index (κ1) is 19.2. The van der Waals surface area contributed by atoms with Crippen LogP contribution < -0.4 is 10.1 Å². The number of methoxy groups -OCH3 is 1. The second kappa shape index (κ2) is 8.30. The van der Waals surface area contributed by atoms with Gasteiger partial charge in [-0.1, -0.05) is 11.6 Å². The number of nitro benzene ring substituents is 1. The van der Waals surface area contributed by atoms with E-state index >= 15 is 0 Å². The van der Waals surface area contributed by atoms with E-state index in [-0.39, 0.29) is 16.3 Å². The van der Waals surface area contributed by atoms with Crippen LogP contribution in [0, 0.1) is 10.1 Å². The summed E-state index contributed by atoms with van der Waals surface area (Å²) in [5.74, 6) is -0.765. The number of hydrogen-bond acceptors (Lipinski definition) is 6. The van der Waals surface area contributed by atoms with E-state index < -0.39 is 22.9 Å². The molecule has 2 rings (SSSR count). The summed E-state index contributed by atoms with van der Waals surface area (Å²) in [6.07, 6.45) is -1.10. The molecule has 136 valence electrons. The van der Waals surface area contributed by atoms with Crippen molar-refractivity contribution >= 4 is 34.9 Å². The van der Waals surface area contributed by atoms with Crippen LogP contribution in [0.3, 0.4) is 0 Å². The van der Waals surface area contributed by atoms with E-state index in [1.807, 2.05) is 0 Å². The molecule has 0 aliphatic heterocycles. The Kier molecular flexibility index (Phi) is 6.13. The first-order chi connectivity index (χ1) is 12.3. The van der Waals surface area contributed by atoms with Gasteiger partial charge in [0.15, 0.2) is 6.10 Å². The average Bonchev–Trinajstić information content (AvgIpc) is 2.61. The number of nitrogens with one attached hydrogen (secondary N) is 1. The minimum atomic E-state index is -1.10. The summed E-state index contributed by atoms with van der Waals surface area (Å²) in [5, 5.41) is 13.1. The summed E-state index contributed by atoms with van der Waals surface area (Å²) in [5.41, 5.74) is 0.185. The van der Waals surface area contributed by atoms with Crippen LogP contribution in [-0.2, 0) is 9.53 Å². The number of carbonyl (C=O) groups excluding carboxylic acids is 2. The van der Waals surface area contributed by atoms with Crippen LogP contribution in [0.2, 0.25) is 5.02 Å². The molecular weight excluding hydrogens is 364 g/mol. The maximum absolute atomic E-state index is 12.1. The first-order valence-electron chi connectivity index (χ1n) is 7.41. The SMILES string of the molecule is COc1ccc(NC(=O)[C@H](C)OC(=O)c2ccc([N+](=O)[O-])cc2Cl)cc1. The van der Waals surface area contributed by atoms with Crippen molar-refractivity contribution in [3.8, 4) is 5.75 Å². The number of halogens is 1. The summed E-state index contributed by atoms with van der Waals surface area (Å²) < 4.78 is 10.1. The summed E-state index contributed by atoms with van der Waals surface area (Å²) >= 11 is 5.87. The van der Waals surface area contributed by atoms with E-state index in [4.69, 9.17) is 21.1 Å².